The lowest BCUT2D eigenvalue weighted by atomic mass is 10.2. The van der Waals surface area contributed by atoms with E-state index in [9.17, 15) is 13.2 Å². The van der Waals surface area contributed by atoms with Crippen LogP contribution in [0.3, 0.4) is 0 Å². The Bertz CT molecular complexity index is 484. The summed E-state index contributed by atoms with van der Waals surface area (Å²) in [4.78, 5) is 10.4. The van der Waals surface area contributed by atoms with Crippen LogP contribution < -0.4 is 4.72 Å². The molecule has 0 aromatic heterocycles. The Morgan fingerprint density at radius 1 is 1.29 bits per heavy atom. The van der Waals surface area contributed by atoms with E-state index in [1.54, 1.807) is 12.1 Å². The van der Waals surface area contributed by atoms with E-state index in [0.717, 1.165) is 5.56 Å². The number of rotatable bonds is 6. The molecule has 0 spiro atoms. The van der Waals surface area contributed by atoms with Crippen LogP contribution in [0.25, 0.3) is 0 Å². The summed E-state index contributed by atoms with van der Waals surface area (Å²) in [7, 11) is -3.61. The number of halogens is 1. The van der Waals surface area contributed by atoms with Gasteiger partial charge < -0.3 is 5.11 Å². The van der Waals surface area contributed by atoms with Crippen molar-refractivity contribution in [1.82, 2.24) is 4.72 Å². The van der Waals surface area contributed by atoms with Crippen LogP contribution in [-0.2, 0) is 20.1 Å². The van der Waals surface area contributed by atoms with Gasteiger partial charge in [0.1, 0.15) is 0 Å². The van der Waals surface area contributed by atoms with Gasteiger partial charge >= 0.3 is 5.97 Å². The average molecular weight is 322 g/mol. The van der Waals surface area contributed by atoms with E-state index in [-0.39, 0.29) is 17.9 Å². The van der Waals surface area contributed by atoms with Gasteiger partial charge in [0.2, 0.25) is 10.0 Å². The molecular formula is C10H12BrNO4S. The summed E-state index contributed by atoms with van der Waals surface area (Å²) in [5.41, 5.74) is 0.967. The number of alkyl halides is 1. The fraction of sp³-hybridized carbons (Fsp3) is 0.300. The Morgan fingerprint density at radius 3 is 2.35 bits per heavy atom. The maximum absolute atomic E-state index is 11.7. The summed E-state index contributed by atoms with van der Waals surface area (Å²) in [5.74, 6) is -1.04. The lowest BCUT2D eigenvalue weighted by Gasteiger charge is -2.05. The first-order valence-electron chi connectivity index (χ1n) is 4.82. The van der Waals surface area contributed by atoms with Crippen molar-refractivity contribution in [2.75, 3.05) is 6.54 Å². The molecule has 0 atom stereocenters. The van der Waals surface area contributed by atoms with Crippen LogP contribution in [0.5, 0.6) is 0 Å². The monoisotopic (exact) mass is 321 g/mol. The lowest BCUT2D eigenvalue weighted by Crippen LogP contribution is -2.26. The fourth-order valence-electron chi connectivity index (χ4n) is 1.13. The third kappa shape index (κ3) is 4.45. The second-order valence-electron chi connectivity index (χ2n) is 3.32. The van der Waals surface area contributed by atoms with E-state index < -0.39 is 16.0 Å². The van der Waals surface area contributed by atoms with Crippen LogP contribution in [0.2, 0.25) is 0 Å². The summed E-state index contributed by atoms with van der Waals surface area (Å²) in [6.07, 6.45) is -0.237. The highest BCUT2D eigenvalue weighted by Crippen LogP contribution is 2.12. The molecule has 1 aromatic carbocycles. The van der Waals surface area contributed by atoms with Crippen molar-refractivity contribution in [1.29, 1.82) is 0 Å². The Labute approximate surface area is 108 Å². The Hall–Kier alpha value is -0.920. The van der Waals surface area contributed by atoms with Crippen LogP contribution in [0.1, 0.15) is 12.0 Å². The van der Waals surface area contributed by atoms with Gasteiger partial charge in [-0.2, -0.15) is 0 Å². The van der Waals surface area contributed by atoms with Crippen LogP contribution >= 0.6 is 15.9 Å². The van der Waals surface area contributed by atoms with Crippen molar-refractivity contribution in [2.45, 2.75) is 16.6 Å². The minimum atomic E-state index is -3.61. The smallest absolute Gasteiger partial charge is 0.304 e. The third-order valence-corrected chi connectivity index (χ3v) is 4.14. The topological polar surface area (TPSA) is 83.5 Å². The molecule has 1 rings (SSSR count). The van der Waals surface area contributed by atoms with E-state index in [0.29, 0.717) is 5.33 Å². The lowest BCUT2D eigenvalue weighted by molar-refractivity contribution is -0.136. The molecule has 0 amide bonds. The zero-order chi connectivity index (χ0) is 12.9. The third-order valence-electron chi connectivity index (χ3n) is 2.02. The molecule has 5 nitrogen and oxygen atoms in total. The van der Waals surface area contributed by atoms with Crippen molar-refractivity contribution in [3.05, 3.63) is 29.8 Å². The highest BCUT2D eigenvalue weighted by atomic mass is 79.9. The maximum atomic E-state index is 11.7. The predicted molar refractivity (Wildman–Crippen MR) is 66.5 cm³/mol. The molecule has 0 aliphatic carbocycles. The summed E-state index contributed by atoms with van der Waals surface area (Å²) < 4.78 is 25.6. The second-order valence-corrected chi connectivity index (χ2v) is 5.65. The van der Waals surface area contributed by atoms with Crippen molar-refractivity contribution in [3.8, 4) is 0 Å². The molecule has 7 heteroatoms. The van der Waals surface area contributed by atoms with Crippen molar-refractivity contribution >= 4 is 31.9 Å². The Morgan fingerprint density at radius 2 is 1.88 bits per heavy atom. The normalized spacial score (nSPS) is 11.4. The summed E-state index contributed by atoms with van der Waals surface area (Å²) in [5, 5.41) is 9.06. The van der Waals surface area contributed by atoms with Gasteiger partial charge in [-0.1, -0.05) is 28.1 Å². The maximum Gasteiger partial charge on any atom is 0.304 e. The van der Waals surface area contributed by atoms with Gasteiger partial charge in [-0.05, 0) is 17.7 Å². The van der Waals surface area contributed by atoms with Crippen LogP contribution in [0.15, 0.2) is 29.2 Å². The SMILES string of the molecule is O=C(O)CCNS(=O)(=O)c1ccc(CBr)cc1. The molecule has 0 radical (unpaired) electrons. The van der Waals surface area contributed by atoms with Crippen molar-refractivity contribution < 1.29 is 18.3 Å². The molecule has 17 heavy (non-hydrogen) atoms. The molecule has 0 saturated carbocycles. The molecule has 94 valence electrons. The molecule has 0 aliphatic heterocycles. The van der Waals surface area contributed by atoms with E-state index in [1.807, 2.05) is 0 Å². The number of aliphatic carboxylic acids is 1. The quantitative estimate of drug-likeness (QED) is 0.774. The number of hydrogen-bond donors (Lipinski definition) is 2. The van der Waals surface area contributed by atoms with Gasteiger partial charge in [0.15, 0.2) is 0 Å². The van der Waals surface area contributed by atoms with Crippen molar-refractivity contribution in [2.24, 2.45) is 0 Å². The highest BCUT2D eigenvalue weighted by molar-refractivity contribution is 9.08. The Balaban J connectivity index is 2.72. The molecule has 0 heterocycles. The van der Waals surface area contributed by atoms with E-state index in [1.165, 1.54) is 12.1 Å². The van der Waals surface area contributed by atoms with Gasteiger partial charge in [0.05, 0.1) is 11.3 Å². The minimum Gasteiger partial charge on any atom is -0.481 e. The minimum absolute atomic E-state index is 0.113. The van der Waals surface area contributed by atoms with Gasteiger partial charge in [0, 0.05) is 11.9 Å². The van der Waals surface area contributed by atoms with Gasteiger partial charge in [-0.3, -0.25) is 4.79 Å². The molecule has 0 fully saturated rings. The summed E-state index contributed by atoms with van der Waals surface area (Å²) in [6.45, 7) is -0.113. The summed E-state index contributed by atoms with van der Waals surface area (Å²) in [6, 6.07) is 6.36. The van der Waals surface area contributed by atoms with Gasteiger partial charge in [-0.15, -0.1) is 0 Å². The molecule has 2 N–H and O–H groups in total. The highest BCUT2D eigenvalue weighted by Gasteiger charge is 2.13. The average Bonchev–Trinajstić information content (AvgIpc) is 2.28. The number of carboxylic acids is 1. The molecule has 0 saturated heterocycles. The number of carboxylic acid groups (broad SMARTS) is 1. The molecule has 1 aromatic rings. The number of nitrogens with one attached hydrogen (secondary N) is 1. The molecular weight excluding hydrogens is 310 g/mol. The fourth-order valence-corrected chi connectivity index (χ4v) is 2.54. The van der Waals surface area contributed by atoms with Crippen LogP contribution in [0.4, 0.5) is 0 Å². The molecule has 0 bridgehead atoms. The zero-order valence-corrected chi connectivity index (χ0v) is 11.3. The van der Waals surface area contributed by atoms with Gasteiger partial charge in [-0.25, -0.2) is 13.1 Å². The van der Waals surface area contributed by atoms with E-state index in [2.05, 4.69) is 20.7 Å². The predicted octanol–water partition coefficient (Wildman–Crippen LogP) is 1.33. The standard InChI is InChI=1S/C10H12BrNO4S/c11-7-8-1-3-9(4-2-8)17(15,16)12-6-5-10(13)14/h1-4,12H,5-7H2,(H,13,14). The van der Waals surface area contributed by atoms with Crippen LogP contribution in [-0.4, -0.2) is 26.0 Å². The molecule has 0 aliphatic rings. The van der Waals surface area contributed by atoms with Crippen molar-refractivity contribution in [3.63, 3.8) is 0 Å². The molecule has 0 unspecified atom stereocenters. The second kappa shape index (κ2) is 6.13. The number of hydrogen-bond acceptors (Lipinski definition) is 3. The Kier molecular flexibility index (Phi) is 5.10. The number of carbonyl (C=O) groups is 1. The summed E-state index contributed by atoms with van der Waals surface area (Å²) >= 11 is 3.26. The first kappa shape index (κ1) is 14.1. The van der Waals surface area contributed by atoms with E-state index in [4.69, 9.17) is 5.11 Å². The zero-order valence-electron chi connectivity index (χ0n) is 8.89. The first-order valence-corrected chi connectivity index (χ1v) is 7.42. The van der Waals surface area contributed by atoms with Gasteiger partial charge in [0.25, 0.3) is 0 Å². The number of benzene rings is 1. The van der Waals surface area contributed by atoms with Crippen LogP contribution in [0, 0.1) is 0 Å². The first-order chi connectivity index (χ1) is 7.95. The number of sulfonamides is 1. The largest absolute Gasteiger partial charge is 0.481 e. The van der Waals surface area contributed by atoms with E-state index >= 15 is 0 Å².